The lowest BCUT2D eigenvalue weighted by Gasteiger charge is -2.24. The van der Waals surface area contributed by atoms with E-state index in [1.165, 1.54) is 56.2 Å². The smallest absolute Gasteiger partial charge is 0.0419 e. The molecule has 1 heterocycles. The van der Waals surface area contributed by atoms with Crippen molar-refractivity contribution in [3.8, 4) is 0 Å². The summed E-state index contributed by atoms with van der Waals surface area (Å²) in [6, 6.07) is 5.04. The predicted octanol–water partition coefficient (Wildman–Crippen LogP) is 4.53. The van der Waals surface area contributed by atoms with E-state index >= 15 is 0 Å². The average molecular weight is 288 g/mol. The third-order valence-electron chi connectivity index (χ3n) is 4.89. The molecule has 2 heteroatoms. The summed E-state index contributed by atoms with van der Waals surface area (Å²) in [4.78, 5) is 4.63. The molecule has 1 atom stereocenters. The van der Waals surface area contributed by atoms with Crippen molar-refractivity contribution in [3.63, 3.8) is 0 Å². The van der Waals surface area contributed by atoms with E-state index in [-0.39, 0.29) is 0 Å². The van der Waals surface area contributed by atoms with Crippen molar-refractivity contribution < 1.29 is 0 Å². The first-order chi connectivity index (χ1) is 10.3. The summed E-state index contributed by atoms with van der Waals surface area (Å²) in [5.41, 5.74) is 2.57. The van der Waals surface area contributed by atoms with Gasteiger partial charge < -0.3 is 5.32 Å². The van der Waals surface area contributed by atoms with Gasteiger partial charge in [-0.2, -0.15) is 0 Å². The molecule has 0 amide bonds. The molecule has 1 fully saturated rings. The number of nitrogens with one attached hydrogen (secondary N) is 1. The Labute approximate surface area is 130 Å². The molecule has 1 aliphatic carbocycles. The summed E-state index contributed by atoms with van der Waals surface area (Å²) < 4.78 is 0. The zero-order valence-electron chi connectivity index (χ0n) is 13.9. The Hall–Kier alpha value is -0.890. The molecule has 2 rings (SSSR count). The standard InChI is InChI=1S/C19H32N2/c1-3-16-10-12-19(21-15-16)14-18(20-4-2)13-11-17-8-6-5-7-9-17/h10,12,15,17-18,20H,3-9,11,13-14H2,1-2H3. The van der Waals surface area contributed by atoms with Gasteiger partial charge in [0.1, 0.15) is 0 Å². The van der Waals surface area contributed by atoms with Gasteiger partial charge in [-0.25, -0.2) is 0 Å². The van der Waals surface area contributed by atoms with E-state index in [2.05, 4.69) is 36.3 Å². The topological polar surface area (TPSA) is 24.9 Å². The van der Waals surface area contributed by atoms with Crippen LogP contribution in [-0.2, 0) is 12.8 Å². The van der Waals surface area contributed by atoms with Crippen LogP contribution in [-0.4, -0.2) is 17.6 Å². The first-order valence-electron chi connectivity index (χ1n) is 8.99. The van der Waals surface area contributed by atoms with Crippen LogP contribution in [0.3, 0.4) is 0 Å². The summed E-state index contributed by atoms with van der Waals surface area (Å²) in [7, 11) is 0. The largest absolute Gasteiger partial charge is 0.314 e. The van der Waals surface area contributed by atoms with Gasteiger partial charge in [0.25, 0.3) is 0 Å². The Morgan fingerprint density at radius 1 is 1.19 bits per heavy atom. The lowest BCUT2D eigenvalue weighted by atomic mass is 9.85. The molecule has 0 aliphatic heterocycles. The molecule has 0 spiro atoms. The van der Waals surface area contributed by atoms with Gasteiger partial charge in [-0.3, -0.25) is 4.98 Å². The number of pyridine rings is 1. The second-order valence-corrected chi connectivity index (χ2v) is 6.55. The fourth-order valence-electron chi connectivity index (χ4n) is 3.52. The van der Waals surface area contributed by atoms with Crippen LogP contribution in [0.2, 0.25) is 0 Å². The van der Waals surface area contributed by atoms with Crippen LogP contribution in [0.25, 0.3) is 0 Å². The van der Waals surface area contributed by atoms with Crippen molar-refractivity contribution >= 4 is 0 Å². The Kier molecular flexibility index (Phi) is 7.21. The number of hydrogen-bond acceptors (Lipinski definition) is 2. The van der Waals surface area contributed by atoms with E-state index in [0.717, 1.165) is 25.3 Å². The number of aromatic nitrogens is 1. The van der Waals surface area contributed by atoms with Crippen LogP contribution in [0.5, 0.6) is 0 Å². The molecule has 0 saturated heterocycles. The Morgan fingerprint density at radius 2 is 2.00 bits per heavy atom. The zero-order chi connectivity index (χ0) is 14.9. The SMILES string of the molecule is CCNC(CCC1CCCCC1)Cc1ccc(CC)cn1. The number of likely N-dealkylation sites (N-methyl/N-ethyl adjacent to an activating group) is 1. The molecule has 0 bridgehead atoms. The molecule has 2 nitrogen and oxygen atoms in total. The second kappa shape index (κ2) is 9.19. The quantitative estimate of drug-likeness (QED) is 0.760. The van der Waals surface area contributed by atoms with Gasteiger partial charge in [-0.15, -0.1) is 0 Å². The molecule has 1 unspecified atom stereocenters. The third kappa shape index (κ3) is 5.78. The van der Waals surface area contributed by atoms with E-state index in [0.29, 0.717) is 6.04 Å². The molecule has 1 saturated carbocycles. The fraction of sp³-hybridized carbons (Fsp3) is 0.737. The van der Waals surface area contributed by atoms with Gasteiger partial charge in [0.2, 0.25) is 0 Å². The lowest BCUT2D eigenvalue weighted by Crippen LogP contribution is -2.32. The number of hydrogen-bond donors (Lipinski definition) is 1. The summed E-state index contributed by atoms with van der Waals surface area (Å²) in [6.07, 6.45) is 14.2. The van der Waals surface area contributed by atoms with Gasteiger partial charge in [0, 0.05) is 24.4 Å². The zero-order valence-corrected chi connectivity index (χ0v) is 13.9. The van der Waals surface area contributed by atoms with Crippen LogP contribution in [0.4, 0.5) is 0 Å². The second-order valence-electron chi connectivity index (χ2n) is 6.55. The molecule has 118 valence electrons. The molecular formula is C19H32N2. The average Bonchev–Trinajstić information content (AvgIpc) is 2.54. The molecule has 0 radical (unpaired) electrons. The van der Waals surface area contributed by atoms with Crippen molar-refractivity contribution in [2.45, 2.75) is 77.7 Å². The Morgan fingerprint density at radius 3 is 2.62 bits per heavy atom. The van der Waals surface area contributed by atoms with Gasteiger partial charge in [0.05, 0.1) is 0 Å². The van der Waals surface area contributed by atoms with E-state index in [9.17, 15) is 0 Å². The molecule has 1 N–H and O–H groups in total. The van der Waals surface area contributed by atoms with E-state index in [1.54, 1.807) is 0 Å². The lowest BCUT2D eigenvalue weighted by molar-refractivity contribution is 0.313. The molecule has 21 heavy (non-hydrogen) atoms. The van der Waals surface area contributed by atoms with Crippen molar-refractivity contribution in [1.29, 1.82) is 0 Å². The minimum atomic E-state index is 0.594. The highest BCUT2D eigenvalue weighted by atomic mass is 14.9. The van der Waals surface area contributed by atoms with Crippen molar-refractivity contribution in [1.82, 2.24) is 10.3 Å². The minimum Gasteiger partial charge on any atom is -0.314 e. The number of rotatable bonds is 8. The van der Waals surface area contributed by atoms with Gasteiger partial charge in [0.15, 0.2) is 0 Å². The summed E-state index contributed by atoms with van der Waals surface area (Å²) in [6.45, 7) is 5.45. The highest BCUT2D eigenvalue weighted by Crippen LogP contribution is 2.28. The van der Waals surface area contributed by atoms with E-state index in [1.807, 2.05) is 6.20 Å². The van der Waals surface area contributed by atoms with Gasteiger partial charge in [-0.05, 0) is 43.4 Å². The van der Waals surface area contributed by atoms with Crippen molar-refractivity contribution in [2.75, 3.05) is 6.54 Å². The maximum absolute atomic E-state index is 4.63. The van der Waals surface area contributed by atoms with Crippen LogP contribution in [0.1, 0.15) is 70.1 Å². The molecule has 1 aromatic rings. The predicted molar refractivity (Wildman–Crippen MR) is 90.6 cm³/mol. The minimum absolute atomic E-state index is 0.594. The highest BCUT2D eigenvalue weighted by molar-refractivity contribution is 5.14. The Balaban J connectivity index is 1.82. The first-order valence-corrected chi connectivity index (χ1v) is 8.99. The van der Waals surface area contributed by atoms with Gasteiger partial charge >= 0.3 is 0 Å². The number of aryl methyl sites for hydroxylation is 1. The third-order valence-corrected chi connectivity index (χ3v) is 4.89. The maximum Gasteiger partial charge on any atom is 0.0419 e. The summed E-state index contributed by atoms with van der Waals surface area (Å²) in [5.74, 6) is 0.982. The summed E-state index contributed by atoms with van der Waals surface area (Å²) >= 11 is 0. The maximum atomic E-state index is 4.63. The summed E-state index contributed by atoms with van der Waals surface area (Å²) in [5, 5.41) is 3.66. The van der Waals surface area contributed by atoms with Gasteiger partial charge in [-0.1, -0.05) is 52.0 Å². The molecule has 0 aromatic carbocycles. The highest BCUT2D eigenvalue weighted by Gasteiger charge is 2.16. The number of nitrogens with zero attached hydrogens (tertiary/aromatic N) is 1. The van der Waals surface area contributed by atoms with Crippen LogP contribution in [0, 0.1) is 5.92 Å². The first kappa shape index (κ1) is 16.5. The van der Waals surface area contributed by atoms with Crippen LogP contribution in [0.15, 0.2) is 18.3 Å². The Bertz CT molecular complexity index is 379. The van der Waals surface area contributed by atoms with Crippen molar-refractivity contribution in [3.05, 3.63) is 29.6 Å². The normalized spacial score (nSPS) is 17.8. The molecule has 1 aromatic heterocycles. The molecular weight excluding hydrogens is 256 g/mol. The van der Waals surface area contributed by atoms with Crippen LogP contribution < -0.4 is 5.32 Å². The fourth-order valence-corrected chi connectivity index (χ4v) is 3.52. The molecule has 1 aliphatic rings. The van der Waals surface area contributed by atoms with Crippen LogP contribution >= 0.6 is 0 Å². The van der Waals surface area contributed by atoms with Crippen molar-refractivity contribution in [2.24, 2.45) is 5.92 Å². The van der Waals surface area contributed by atoms with E-state index in [4.69, 9.17) is 0 Å². The monoisotopic (exact) mass is 288 g/mol. The van der Waals surface area contributed by atoms with E-state index < -0.39 is 0 Å².